The first kappa shape index (κ1) is 12.9. The van der Waals surface area contributed by atoms with E-state index in [1.165, 1.54) is 22.3 Å². The lowest BCUT2D eigenvalue weighted by molar-refractivity contribution is 0.509. The fraction of sp³-hybridized carbons (Fsp3) is 0.200. The molecule has 1 aliphatic rings. The first-order chi connectivity index (χ1) is 9.81. The van der Waals surface area contributed by atoms with Crippen LogP contribution >= 0.6 is 0 Å². The van der Waals surface area contributed by atoms with Gasteiger partial charge in [0.1, 0.15) is 0 Å². The zero-order valence-electron chi connectivity index (χ0n) is 11.8. The standard InChI is InChI=1S/C20H20/c1-3-13-20(14-4-2)18-11-7-5-9-16(18)15-17-10-6-8-12-19(17)20/h3-12H,1-2,13-15H2. The van der Waals surface area contributed by atoms with Gasteiger partial charge in [-0.1, -0.05) is 60.7 Å². The fourth-order valence-electron chi connectivity index (χ4n) is 3.65. The summed E-state index contributed by atoms with van der Waals surface area (Å²) in [5.74, 6) is 0. The zero-order valence-corrected chi connectivity index (χ0v) is 11.8. The summed E-state index contributed by atoms with van der Waals surface area (Å²) in [6.45, 7) is 7.99. The summed E-state index contributed by atoms with van der Waals surface area (Å²) in [6, 6.07) is 17.6. The third kappa shape index (κ3) is 1.84. The van der Waals surface area contributed by atoms with Gasteiger partial charge in [-0.3, -0.25) is 0 Å². The van der Waals surface area contributed by atoms with E-state index in [2.05, 4.69) is 61.7 Å². The van der Waals surface area contributed by atoms with Crippen LogP contribution in [0.2, 0.25) is 0 Å². The predicted molar refractivity (Wildman–Crippen MR) is 86.1 cm³/mol. The van der Waals surface area contributed by atoms with Crippen LogP contribution in [0.25, 0.3) is 0 Å². The van der Waals surface area contributed by atoms with E-state index >= 15 is 0 Å². The van der Waals surface area contributed by atoms with E-state index in [4.69, 9.17) is 0 Å². The average Bonchev–Trinajstić information content (AvgIpc) is 2.48. The zero-order chi connectivity index (χ0) is 14.0. The Kier molecular flexibility index (Phi) is 3.31. The molecule has 0 unspecified atom stereocenters. The first-order valence-electron chi connectivity index (χ1n) is 7.20. The van der Waals surface area contributed by atoms with Gasteiger partial charge in [0.2, 0.25) is 0 Å². The van der Waals surface area contributed by atoms with Crippen LogP contribution in [0, 0.1) is 0 Å². The normalized spacial score (nSPS) is 15.0. The molecule has 2 aromatic carbocycles. The number of hydrogen-bond donors (Lipinski definition) is 0. The minimum atomic E-state index is 0.00887. The van der Waals surface area contributed by atoms with E-state index in [-0.39, 0.29) is 5.41 Å². The molecule has 0 N–H and O–H groups in total. The molecule has 0 aromatic heterocycles. The molecule has 0 saturated heterocycles. The molecule has 3 rings (SSSR count). The van der Waals surface area contributed by atoms with Gasteiger partial charge in [0.05, 0.1) is 0 Å². The molecule has 0 nitrogen and oxygen atoms in total. The second-order valence-corrected chi connectivity index (χ2v) is 5.56. The quantitative estimate of drug-likeness (QED) is 0.676. The van der Waals surface area contributed by atoms with Crippen LogP contribution in [0.5, 0.6) is 0 Å². The van der Waals surface area contributed by atoms with Crippen molar-refractivity contribution < 1.29 is 0 Å². The summed E-state index contributed by atoms with van der Waals surface area (Å²) < 4.78 is 0. The molecule has 0 heteroatoms. The van der Waals surface area contributed by atoms with Gasteiger partial charge in [-0.05, 0) is 41.5 Å². The Bertz CT molecular complexity index is 591. The van der Waals surface area contributed by atoms with Crippen molar-refractivity contribution in [2.45, 2.75) is 24.7 Å². The van der Waals surface area contributed by atoms with Crippen LogP contribution in [0.4, 0.5) is 0 Å². The Morgan fingerprint density at radius 3 is 1.70 bits per heavy atom. The van der Waals surface area contributed by atoms with Crippen molar-refractivity contribution in [2.24, 2.45) is 0 Å². The predicted octanol–water partition coefficient (Wildman–Crippen LogP) is 5.03. The van der Waals surface area contributed by atoms with E-state index in [1.807, 2.05) is 12.2 Å². The Morgan fingerprint density at radius 2 is 1.25 bits per heavy atom. The van der Waals surface area contributed by atoms with Crippen molar-refractivity contribution >= 4 is 0 Å². The van der Waals surface area contributed by atoms with Gasteiger partial charge >= 0.3 is 0 Å². The monoisotopic (exact) mass is 260 g/mol. The lowest BCUT2D eigenvalue weighted by atomic mass is 9.63. The summed E-state index contributed by atoms with van der Waals surface area (Å²) in [5, 5.41) is 0. The molecular formula is C20H20. The maximum atomic E-state index is 3.99. The molecule has 20 heavy (non-hydrogen) atoms. The average molecular weight is 260 g/mol. The van der Waals surface area contributed by atoms with Gasteiger partial charge in [0, 0.05) is 5.41 Å². The molecule has 2 aromatic rings. The summed E-state index contributed by atoms with van der Waals surface area (Å²) in [5.41, 5.74) is 5.77. The topological polar surface area (TPSA) is 0 Å². The van der Waals surface area contributed by atoms with Gasteiger partial charge < -0.3 is 0 Å². The van der Waals surface area contributed by atoms with E-state index in [9.17, 15) is 0 Å². The Morgan fingerprint density at radius 1 is 0.800 bits per heavy atom. The maximum absolute atomic E-state index is 3.99. The molecule has 0 heterocycles. The Balaban J connectivity index is 2.30. The van der Waals surface area contributed by atoms with Crippen LogP contribution in [-0.2, 0) is 11.8 Å². The van der Waals surface area contributed by atoms with Crippen molar-refractivity contribution in [1.82, 2.24) is 0 Å². The SMILES string of the molecule is C=CCC1(CC=C)c2ccccc2Cc2ccccc21. The summed E-state index contributed by atoms with van der Waals surface area (Å²) in [6.07, 6.45) is 7.02. The van der Waals surface area contributed by atoms with Crippen molar-refractivity contribution in [1.29, 1.82) is 0 Å². The number of benzene rings is 2. The molecule has 0 spiro atoms. The number of rotatable bonds is 4. The second kappa shape index (κ2) is 5.13. The van der Waals surface area contributed by atoms with Gasteiger partial charge in [-0.2, -0.15) is 0 Å². The fourth-order valence-corrected chi connectivity index (χ4v) is 3.65. The highest BCUT2D eigenvalue weighted by atomic mass is 14.4. The number of fused-ring (bicyclic) bond motifs is 2. The molecule has 0 bridgehead atoms. The lowest BCUT2D eigenvalue weighted by Crippen LogP contribution is -2.32. The van der Waals surface area contributed by atoms with Gasteiger partial charge in [-0.25, -0.2) is 0 Å². The third-order valence-electron chi connectivity index (χ3n) is 4.43. The van der Waals surface area contributed by atoms with Gasteiger partial charge in [-0.15, -0.1) is 13.2 Å². The van der Waals surface area contributed by atoms with Gasteiger partial charge in [0.25, 0.3) is 0 Å². The largest absolute Gasteiger partial charge is 0.103 e. The van der Waals surface area contributed by atoms with Crippen LogP contribution in [0.1, 0.15) is 35.1 Å². The summed E-state index contributed by atoms with van der Waals surface area (Å²) >= 11 is 0. The molecule has 0 atom stereocenters. The van der Waals surface area contributed by atoms with Crippen LogP contribution < -0.4 is 0 Å². The lowest BCUT2D eigenvalue weighted by Gasteiger charge is -2.40. The van der Waals surface area contributed by atoms with E-state index in [0.717, 1.165) is 19.3 Å². The molecule has 100 valence electrons. The van der Waals surface area contributed by atoms with Crippen LogP contribution in [0.3, 0.4) is 0 Å². The molecule has 0 radical (unpaired) electrons. The van der Waals surface area contributed by atoms with Crippen LogP contribution in [0.15, 0.2) is 73.8 Å². The summed E-state index contributed by atoms with van der Waals surface area (Å²) in [7, 11) is 0. The highest BCUT2D eigenvalue weighted by Crippen LogP contribution is 2.46. The number of hydrogen-bond acceptors (Lipinski definition) is 0. The Hall–Kier alpha value is -2.08. The van der Waals surface area contributed by atoms with E-state index in [0.29, 0.717) is 0 Å². The molecule has 0 saturated carbocycles. The summed E-state index contributed by atoms with van der Waals surface area (Å²) in [4.78, 5) is 0. The molecular weight excluding hydrogens is 240 g/mol. The molecule has 0 aliphatic heterocycles. The van der Waals surface area contributed by atoms with Crippen molar-refractivity contribution in [3.05, 3.63) is 96.1 Å². The maximum Gasteiger partial charge on any atom is 0.0277 e. The van der Waals surface area contributed by atoms with Crippen LogP contribution in [-0.4, -0.2) is 0 Å². The third-order valence-corrected chi connectivity index (χ3v) is 4.43. The highest BCUT2D eigenvalue weighted by molar-refractivity contribution is 5.54. The highest BCUT2D eigenvalue weighted by Gasteiger charge is 2.38. The van der Waals surface area contributed by atoms with E-state index in [1.54, 1.807) is 0 Å². The van der Waals surface area contributed by atoms with Crippen molar-refractivity contribution in [3.8, 4) is 0 Å². The van der Waals surface area contributed by atoms with Crippen molar-refractivity contribution in [3.63, 3.8) is 0 Å². The van der Waals surface area contributed by atoms with E-state index < -0.39 is 0 Å². The van der Waals surface area contributed by atoms with Crippen molar-refractivity contribution in [2.75, 3.05) is 0 Å². The molecule has 1 aliphatic carbocycles. The number of allylic oxidation sites excluding steroid dienone is 2. The smallest absolute Gasteiger partial charge is 0.0277 e. The second-order valence-electron chi connectivity index (χ2n) is 5.56. The van der Waals surface area contributed by atoms with Gasteiger partial charge in [0.15, 0.2) is 0 Å². The minimum Gasteiger partial charge on any atom is -0.103 e. The molecule has 0 fully saturated rings. The Labute approximate surface area is 121 Å². The minimum absolute atomic E-state index is 0.00887. The first-order valence-corrected chi connectivity index (χ1v) is 7.20. The molecule has 0 amide bonds.